The maximum absolute atomic E-state index is 12.8. The van der Waals surface area contributed by atoms with Crippen LogP contribution in [-0.2, 0) is 4.79 Å². The highest BCUT2D eigenvalue weighted by Crippen LogP contribution is 2.29. The van der Waals surface area contributed by atoms with Gasteiger partial charge in [-0.2, -0.15) is 0 Å². The molecule has 3 aromatic heterocycles. The number of rotatable bonds is 11. The minimum absolute atomic E-state index is 0.238. The third kappa shape index (κ3) is 8.29. The fourth-order valence-corrected chi connectivity index (χ4v) is 6.43. The molecule has 5 heterocycles. The number of nitrogens with one attached hydrogen (secondary N) is 2. The summed E-state index contributed by atoms with van der Waals surface area (Å²) in [5.41, 5.74) is 1.55. The first-order valence-electron chi connectivity index (χ1n) is 15.9. The molecule has 1 atom stereocenters. The molecule has 46 heavy (non-hydrogen) atoms. The number of carbonyl (C=O) groups excluding carboxylic acids is 2. The van der Waals surface area contributed by atoms with Crippen LogP contribution < -0.4 is 20.4 Å². The number of halogens is 1. The molecule has 1 unspecified atom stereocenters. The largest absolute Gasteiger partial charge is 0.370 e. The molecule has 0 bridgehead atoms. The van der Waals surface area contributed by atoms with Crippen molar-refractivity contribution in [3.8, 4) is 0 Å². The lowest BCUT2D eigenvalue weighted by Crippen LogP contribution is -2.59. The summed E-state index contributed by atoms with van der Waals surface area (Å²) in [4.78, 5) is 39.8. The Bertz CT molecular complexity index is 1530. The molecule has 2 saturated heterocycles. The van der Waals surface area contributed by atoms with E-state index in [1.807, 2.05) is 60.1 Å². The van der Waals surface area contributed by atoms with E-state index in [1.54, 1.807) is 18.7 Å². The van der Waals surface area contributed by atoms with Crippen molar-refractivity contribution in [3.63, 3.8) is 0 Å². The predicted molar refractivity (Wildman–Crippen MR) is 180 cm³/mol. The quantitative estimate of drug-likeness (QED) is 0.236. The number of hydrogen-bond acceptors (Lipinski definition) is 9. The van der Waals surface area contributed by atoms with Crippen LogP contribution in [0.3, 0.4) is 0 Å². The molecule has 2 aliphatic rings. The molecule has 4 aromatic rings. The monoisotopic (exact) mass is 646 g/mol. The Morgan fingerprint density at radius 1 is 1.11 bits per heavy atom. The summed E-state index contributed by atoms with van der Waals surface area (Å²) in [6.45, 7) is 7.35. The molecular formula is C33H43ClN10O2. The predicted octanol–water partition coefficient (Wildman–Crippen LogP) is 3.54. The molecule has 12 nitrogen and oxygen atoms in total. The molecular weight excluding hydrogens is 604 g/mol. The number of carbonyl (C=O) groups is 2. The normalized spacial score (nSPS) is 17.4. The van der Waals surface area contributed by atoms with Crippen molar-refractivity contribution in [2.75, 3.05) is 62.7 Å². The number of pyridine rings is 1. The van der Waals surface area contributed by atoms with E-state index in [0.29, 0.717) is 30.6 Å². The SMILES string of the molecule is CCC1CCN(c2cnc(C(=O)NCCN(C)CC3(NC=O)CCN(c4nccn5cnnc45)CC3)c(Cl)c2)C1.c1ccccc1. The van der Waals surface area contributed by atoms with E-state index in [4.69, 9.17) is 11.6 Å². The lowest BCUT2D eigenvalue weighted by atomic mass is 9.87. The lowest BCUT2D eigenvalue weighted by Gasteiger charge is -2.43. The second-order valence-corrected chi connectivity index (χ2v) is 12.4. The second kappa shape index (κ2) is 15.8. The van der Waals surface area contributed by atoms with Crippen LogP contribution in [0.15, 0.2) is 67.4 Å². The Balaban J connectivity index is 0.000000624. The van der Waals surface area contributed by atoms with Gasteiger partial charge in [-0.05, 0) is 38.3 Å². The van der Waals surface area contributed by atoms with Crippen LogP contribution in [0.1, 0.15) is 43.1 Å². The van der Waals surface area contributed by atoms with Crippen molar-refractivity contribution in [1.82, 2.24) is 40.1 Å². The van der Waals surface area contributed by atoms with Crippen molar-refractivity contribution in [2.45, 2.75) is 38.1 Å². The Morgan fingerprint density at radius 3 is 2.50 bits per heavy atom. The average Bonchev–Trinajstić information content (AvgIpc) is 3.77. The van der Waals surface area contributed by atoms with E-state index in [-0.39, 0.29) is 17.1 Å². The number of amides is 2. The van der Waals surface area contributed by atoms with E-state index in [2.05, 4.69) is 52.4 Å². The zero-order valence-electron chi connectivity index (χ0n) is 26.6. The van der Waals surface area contributed by atoms with E-state index in [9.17, 15) is 9.59 Å². The van der Waals surface area contributed by atoms with Crippen LogP contribution in [0.25, 0.3) is 5.65 Å². The Morgan fingerprint density at radius 2 is 1.85 bits per heavy atom. The fraction of sp³-hybridized carbons (Fsp3) is 0.455. The first-order valence-corrected chi connectivity index (χ1v) is 16.3. The Kier molecular flexibility index (Phi) is 11.4. The molecule has 2 fully saturated rings. The number of nitrogens with zero attached hydrogens (tertiary/aromatic N) is 8. The summed E-state index contributed by atoms with van der Waals surface area (Å²) in [7, 11) is 1.99. The minimum atomic E-state index is -0.372. The van der Waals surface area contributed by atoms with Crippen LogP contribution in [-0.4, -0.2) is 100 Å². The molecule has 1 aromatic carbocycles. The van der Waals surface area contributed by atoms with Crippen LogP contribution in [0.5, 0.6) is 0 Å². The molecule has 2 N–H and O–H groups in total. The van der Waals surface area contributed by atoms with Crippen molar-refractivity contribution in [1.29, 1.82) is 0 Å². The maximum Gasteiger partial charge on any atom is 0.271 e. The average molecular weight is 647 g/mol. The maximum atomic E-state index is 12.8. The summed E-state index contributed by atoms with van der Waals surface area (Å²) < 4.78 is 1.85. The molecule has 2 amide bonds. The molecule has 0 spiro atoms. The molecule has 0 saturated carbocycles. The van der Waals surface area contributed by atoms with E-state index in [1.165, 1.54) is 6.42 Å². The number of hydrogen-bond donors (Lipinski definition) is 2. The van der Waals surface area contributed by atoms with Crippen LogP contribution in [0.2, 0.25) is 5.02 Å². The van der Waals surface area contributed by atoms with Gasteiger partial charge in [0.25, 0.3) is 5.91 Å². The summed E-state index contributed by atoms with van der Waals surface area (Å²) in [5, 5.41) is 14.6. The van der Waals surface area contributed by atoms with Gasteiger partial charge in [-0.15, -0.1) is 10.2 Å². The topological polar surface area (TPSA) is 124 Å². The van der Waals surface area contributed by atoms with Crippen LogP contribution >= 0.6 is 11.6 Å². The summed E-state index contributed by atoms with van der Waals surface area (Å²) in [5.74, 6) is 1.20. The van der Waals surface area contributed by atoms with Crippen LogP contribution in [0, 0.1) is 5.92 Å². The first-order chi connectivity index (χ1) is 22.4. The number of aromatic nitrogens is 5. The van der Waals surface area contributed by atoms with Crippen molar-refractivity contribution < 1.29 is 9.59 Å². The van der Waals surface area contributed by atoms with Gasteiger partial charge in [-0.1, -0.05) is 61.3 Å². The van der Waals surface area contributed by atoms with Gasteiger partial charge >= 0.3 is 0 Å². The first kappa shape index (κ1) is 33.1. The van der Waals surface area contributed by atoms with Crippen molar-refractivity contribution in [3.05, 3.63) is 78.1 Å². The zero-order valence-corrected chi connectivity index (χ0v) is 27.3. The van der Waals surface area contributed by atoms with Gasteiger partial charge in [0.1, 0.15) is 12.0 Å². The third-order valence-corrected chi connectivity index (χ3v) is 9.16. The molecule has 2 aliphatic heterocycles. The van der Waals surface area contributed by atoms with Crippen molar-refractivity contribution in [2.24, 2.45) is 5.92 Å². The Hall–Kier alpha value is -4.29. The molecule has 0 radical (unpaired) electrons. The highest BCUT2D eigenvalue weighted by molar-refractivity contribution is 6.33. The highest BCUT2D eigenvalue weighted by atomic mass is 35.5. The summed E-state index contributed by atoms with van der Waals surface area (Å²) in [6, 6.07) is 13.8. The number of fused-ring (bicyclic) bond motifs is 1. The molecule has 6 rings (SSSR count). The third-order valence-electron chi connectivity index (χ3n) is 8.87. The number of piperidine rings is 1. The molecule has 244 valence electrons. The van der Waals surface area contributed by atoms with E-state index < -0.39 is 0 Å². The molecule has 13 heteroatoms. The highest BCUT2D eigenvalue weighted by Gasteiger charge is 2.36. The summed E-state index contributed by atoms with van der Waals surface area (Å²) in [6.07, 6.45) is 11.6. The van der Waals surface area contributed by atoms with Gasteiger partial charge in [0.05, 0.1) is 22.4 Å². The summed E-state index contributed by atoms with van der Waals surface area (Å²) >= 11 is 6.46. The van der Waals surface area contributed by atoms with Gasteiger partial charge < -0.3 is 25.3 Å². The molecule has 0 aliphatic carbocycles. The van der Waals surface area contributed by atoms with Gasteiger partial charge in [-0.3, -0.25) is 14.0 Å². The van der Waals surface area contributed by atoms with Gasteiger partial charge in [0, 0.05) is 58.2 Å². The van der Waals surface area contributed by atoms with E-state index in [0.717, 1.165) is 69.0 Å². The van der Waals surface area contributed by atoms with Gasteiger partial charge in [0.15, 0.2) is 5.82 Å². The standard InChI is InChI=1S/C27H37ClN10O2.C6H6/c1-3-20-4-9-37(16-20)21-14-22(28)23(31-15-21)26(40)30-7-12-35(2)17-27(32-19-39)5-10-36(11-6-27)24-25-34-33-18-38(25)13-8-29-24;1-2-4-6-5-3-1/h8,13-15,18-20H,3-7,9-12,16-17H2,1-2H3,(H,30,40)(H,32,39);1-6H. The smallest absolute Gasteiger partial charge is 0.271 e. The van der Waals surface area contributed by atoms with E-state index >= 15 is 0 Å². The number of anilines is 2. The van der Waals surface area contributed by atoms with Crippen molar-refractivity contribution >= 4 is 41.1 Å². The fourth-order valence-electron chi connectivity index (χ4n) is 6.18. The van der Waals surface area contributed by atoms with Gasteiger partial charge in [0.2, 0.25) is 12.1 Å². The van der Waals surface area contributed by atoms with Gasteiger partial charge in [-0.25, -0.2) is 9.97 Å². The van der Waals surface area contributed by atoms with Crippen LogP contribution in [0.4, 0.5) is 11.5 Å². The minimum Gasteiger partial charge on any atom is -0.370 e. The zero-order chi connectivity index (χ0) is 32.4. The number of likely N-dealkylation sites (N-methyl/N-ethyl adjacent to an activating group) is 1. The number of benzene rings is 1. The lowest BCUT2D eigenvalue weighted by molar-refractivity contribution is -0.111. The second-order valence-electron chi connectivity index (χ2n) is 12.0. The Labute approximate surface area is 275 Å².